The highest BCUT2D eigenvalue weighted by Gasteiger charge is 2.38. The van der Waals surface area contributed by atoms with Gasteiger partial charge in [-0.1, -0.05) is 24.6 Å². The number of likely N-dealkylation sites (tertiary alicyclic amines) is 1. The van der Waals surface area contributed by atoms with E-state index in [1.54, 1.807) is 6.20 Å². The summed E-state index contributed by atoms with van der Waals surface area (Å²) in [6.07, 6.45) is 5.88. The highest BCUT2D eigenvalue weighted by atomic mass is 35.5. The Balaban J connectivity index is 0.00000210. The van der Waals surface area contributed by atoms with Crippen molar-refractivity contribution < 1.29 is 4.79 Å². The Labute approximate surface area is 171 Å². The maximum absolute atomic E-state index is 13.1. The predicted molar refractivity (Wildman–Crippen MR) is 110 cm³/mol. The summed E-state index contributed by atoms with van der Waals surface area (Å²) in [5.74, 6) is 0.107. The van der Waals surface area contributed by atoms with E-state index >= 15 is 0 Å². The highest BCUT2D eigenvalue weighted by Crippen LogP contribution is 2.37. The van der Waals surface area contributed by atoms with Crippen LogP contribution in [0.15, 0.2) is 30.5 Å². The first-order valence-electron chi connectivity index (χ1n) is 9.45. The van der Waals surface area contributed by atoms with E-state index in [0.29, 0.717) is 16.0 Å². The van der Waals surface area contributed by atoms with Crippen molar-refractivity contribution >= 4 is 29.9 Å². The van der Waals surface area contributed by atoms with E-state index in [-0.39, 0.29) is 18.3 Å². The topological polar surface area (TPSA) is 50.2 Å². The van der Waals surface area contributed by atoms with Crippen molar-refractivity contribution in [2.45, 2.75) is 32.6 Å². The molecule has 0 atom stereocenters. The van der Waals surface area contributed by atoms with Crippen molar-refractivity contribution in [3.05, 3.63) is 46.7 Å². The number of benzene rings is 1. The Kier molecular flexibility index (Phi) is 6.14. The van der Waals surface area contributed by atoms with Crippen LogP contribution in [0.3, 0.4) is 0 Å². The number of aromatic nitrogens is 2. The molecule has 2 saturated heterocycles. The molecule has 27 heavy (non-hydrogen) atoms. The standard InChI is InChI=1S/C20H25ClN4O.ClH/c1-2-18-17(13-23-25(18)16-5-3-4-15(21)12-16)19(26)24-10-7-20(8-11-24)6-9-22-14-20;/h3-5,12-13,22H,2,6-11,14H2,1H3;1H. The summed E-state index contributed by atoms with van der Waals surface area (Å²) in [7, 11) is 0. The van der Waals surface area contributed by atoms with Crippen LogP contribution in [0.2, 0.25) is 5.02 Å². The fourth-order valence-corrected chi connectivity index (χ4v) is 4.48. The Morgan fingerprint density at radius 1 is 1.30 bits per heavy atom. The highest BCUT2D eigenvalue weighted by molar-refractivity contribution is 6.30. The monoisotopic (exact) mass is 408 g/mol. The summed E-state index contributed by atoms with van der Waals surface area (Å²) in [5.41, 5.74) is 2.96. The number of hydrogen-bond acceptors (Lipinski definition) is 3. The molecule has 0 saturated carbocycles. The van der Waals surface area contributed by atoms with Crippen molar-refractivity contribution in [3.63, 3.8) is 0 Å². The largest absolute Gasteiger partial charge is 0.338 e. The van der Waals surface area contributed by atoms with Crippen LogP contribution in [0.4, 0.5) is 0 Å². The van der Waals surface area contributed by atoms with Gasteiger partial charge in [0, 0.05) is 24.7 Å². The molecule has 1 N–H and O–H groups in total. The summed E-state index contributed by atoms with van der Waals surface area (Å²) >= 11 is 6.12. The molecule has 1 aromatic carbocycles. The molecule has 1 amide bonds. The van der Waals surface area contributed by atoms with E-state index in [0.717, 1.165) is 56.8 Å². The van der Waals surface area contributed by atoms with Crippen molar-refractivity contribution in [2.24, 2.45) is 5.41 Å². The van der Waals surface area contributed by atoms with Crippen LogP contribution in [-0.2, 0) is 6.42 Å². The molecule has 2 aliphatic heterocycles. The van der Waals surface area contributed by atoms with E-state index in [1.165, 1.54) is 6.42 Å². The average Bonchev–Trinajstić information content (AvgIpc) is 3.29. The lowest BCUT2D eigenvalue weighted by atomic mass is 9.78. The first-order chi connectivity index (χ1) is 12.6. The van der Waals surface area contributed by atoms with Crippen molar-refractivity contribution in [1.29, 1.82) is 0 Å². The third-order valence-corrected chi connectivity index (χ3v) is 6.17. The molecule has 0 radical (unpaired) electrons. The number of hydrogen-bond donors (Lipinski definition) is 1. The fourth-order valence-electron chi connectivity index (χ4n) is 4.30. The molecule has 7 heteroatoms. The number of rotatable bonds is 3. The van der Waals surface area contributed by atoms with Gasteiger partial charge in [0.05, 0.1) is 23.1 Å². The molecule has 0 bridgehead atoms. The number of nitrogens with zero attached hydrogens (tertiary/aromatic N) is 3. The molecule has 4 rings (SSSR count). The lowest BCUT2D eigenvalue weighted by Crippen LogP contribution is -2.44. The smallest absolute Gasteiger partial charge is 0.257 e. The van der Waals surface area contributed by atoms with Crippen LogP contribution in [0.25, 0.3) is 5.69 Å². The van der Waals surface area contributed by atoms with E-state index < -0.39 is 0 Å². The van der Waals surface area contributed by atoms with Gasteiger partial charge in [-0.3, -0.25) is 4.79 Å². The molecule has 0 aliphatic carbocycles. The normalized spacial score (nSPS) is 18.5. The second-order valence-electron chi connectivity index (χ2n) is 7.47. The molecule has 146 valence electrons. The summed E-state index contributed by atoms with van der Waals surface area (Å²) < 4.78 is 1.84. The maximum Gasteiger partial charge on any atom is 0.257 e. The Morgan fingerprint density at radius 3 is 2.70 bits per heavy atom. The molecule has 0 unspecified atom stereocenters. The van der Waals surface area contributed by atoms with Gasteiger partial charge in [-0.25, -0.2) is 4.68 Å². The van der Waals surface area contributed by atoms with Crippen molar-refractivity contribution in [1.82, 2.24) is 20.0 Å². The zero-order valence-electron chi connectivity index (χ0n) is 15.6. The SMILES string of the molecule is CCc1c(C(=O)N2CCC3(CCNC3)CC2)cnn1-c1cccc(Cl)c1.Cl. The van der Waals surface area contributed by atoms with Gasteiger partial charge >= 0.3 is 0 Å². The summed E-state index contributed by atoms with van der Waals surface area (Å²) in [6, 6.07) is 7.58. The van der Waals surface area contributed by atoms with Crippen LogP contribution in [0.5, 0.6) is 0 Å². The van der Waals surface area contributed by atoms with Crippen molar-refractivity contribution in [3.8, 4) is 5.69 Å². The fraction of sp³-hybridized carbons (Fsp3) is 0.500. The van der Waals surface area contributed by atoms with Gasteiger partial charge in [-0.15, -0.1) is 12.4 Å². The van der Waals surface area contributed by atoms with Gasteiger partial charge in [0.25, 0.3) is 5.91 Å². The summed E-state index contributed by atoms with van der Waals surface area (Å²) in [5, 5.41) is 8.63. The Bertz CT molecular complexity index is 804. The average molecular weight is 409 g/mol. The molecule has 5 nitrogen and oxygen atoms in total. The summed E-state index contributed by atoms with van der Waals surface area (Å²) in [6.45, 7) is 5.95. The van der Waals surface area contributed by atoms with E-state index in [2.05, 4.69) is 17.3 Å². The van der Waals surface area contributed by atoms with Crippen LogP contribution >= 0.6 is 24.0 Å². The first kappa shape index (κ1) is 20.2. The third kappa shape index (κ3) is 3.86. The van der Waals surface area contributed by atoms with Gasteiger partial charge in [0.2, 0.25) is 0 Å². The Hall–Kier alpha value is -1.56. The molecule has 3 heterocycles. The van der Waals surface area contributed by atoms with Gasteiger partial charge in [0.15, 0.2) is 0 Å². The quantitative estimate of drug-likeness (QED) is 0.841. The van der Waals surface area contributed by atoms with Crippen molar-refractivity contribution in [2.75, 3.05) is 26.2 Å². The molecule has 2 aromatic rings. The number of nitrogens with one attached hydrogen (secondary N) is 1. The third-order valence-electron chi connectivity index (χ3n) is 5.93. The molecular weight excluding hydrogens is 383 g/mol. The van der Waals surface area contributed by atoms with Gasteiger partial charge < -0.3 is 10.2 Å². The van der Waals surface area contributed by atoms with Crippen LogP contribution < -0.4 is 5.32 Å². The number of amides is 1. The summed E-state index contributed by atoms with van der Waals surface area (Å²) in [4.78, 5) is 15.1. The lowest BCUT2D eigenvalue weighted by molar-refractivity contribution is 0.0606. The van der Waals surface area contributed by atoms with E-state index in [4.69, 9.17) is 11.6 Å². The molecule has 1 aromatic heterocycles. The van der Waals surface area contributed by atoms with Gasteiger partial charge in [0.1, 0.15) is 0 Å². The predicted octanol–water partition coefficient (Wildman–Crippen LogP) is 3.73. The second kappa shape index (κ2) is 8.21. The minimum Gasteiger partial charge on any atom is -0.338 e. The second-order valence-corrected chi connectivity index (χ2v) is 7.91. The first-order valence-corrected chi connectivity index (χ1v) is 9.82. The minimum atomic E-state index is 0. The van der Waals surface area contributed by atoms with Crippen LogP contribution in [0.1, 0.15) is 42.2 Å². The number of carbonyl (C=O) groups excluding carboxylic acids is 1. The van der Waals surface area contributed by atoms with E-state index in [9.17, 15) is 4.79 Å². The zero-order chi connectivity index (χ0) is 18.1. The maximum atomic E-state index is 13.1. The molecule has 1 spiro atoms. The zero-order valence-corrected chi connectivity index (χ0v) is 17.2. The number of halogens is 2. The number of carbonyl (C=O) groups is 1. The van der Waals surface area contributed by atoms with Crippen LogP contribution in [-0.4, -0.2) is 46.8 Å². The molecule has 2 fully saturated rings. The lowest BCUT2D eigenvalue weighted by Gasteiger charge is -2.38. The van der Waals surface area contributed by atoms with Gasteiger partial charge in [-0.05, 0) is 55.8 Å². The number of piperidine rings is 1. The van der Waals surface area contributed by atoms with E-state index in [1.807, 2.05) is 33.8 Å². The van der Waals surface area contributed by atoms with Gasteiger partial charge in [-0.2, -0.15) is 5.10 Å². The molecular formula is C20H26Cl2N4O. The Morgan fingerprint density at radius 2 is 2.07 bits per heavy atom. The minimum absolute atomic E-state index is 0. The van der Waals surface area contributed by atoms with Crippen LogP contribution in [0, 0.1) is 5.41 Å². The molecule has 2 aliphatic rings.